The van der Waals surface area contributed by atoms with Gasteiger partial charge in [0, 0.05) is 11.5 Å². The van der Waals surface area contributed by atoms with Crippen LogP contribution in [0.1, 0.15) is 59.7 Å². The van der Waals surface area contributed by atoms with E-state index in [1.807, 2.05) is 6.92 Å². The van der Waals surface area contributed by atoms with Gasteiger partial charge >= 0.3 is 5.97 Å². The average molecular weight is 594 g/mol. The fraction of sp³-hybridized carbons (Fsp3) is 0.310. The molecule has 2 aromatic heterocycles. The number of carbonyl (C=O) groups is 3. The smallest absolute Gasteiger partial charge is 0.309 e. The number of halogens is 2. The summed E-state index contributed by atoms with van der Waals surface area (Å²) >= 11 is 5.93. The third-order valence-electron chi connectivity index (χ3n) is 7.30. The van der Waals surface area contributed by atoms with Crippen LogP contribution in [0.4, 0.5) is 10.1 Å². The first-order valence-electron chi connectivity index (χ1n) is 13.4. The molecule has 0 aliphatic carbocycles. The maximum Gasteiger partial charge on any atom is 0.309 e. The summed E-state index contributed by atoms with van der Waals surface area (Å²) < 4.78 is 20.6. The van der Waals surface area contributed by atoms with Gasteiger partial charge in [-0.1, -0.05) is 42.3 Å². The van der Waals surface area contributed by atoms with E-state index in [4.69, 9.17) is 16.3 Å². The van der Waals surface area contributed by atoms with Crippen LogP contribution in [0.3, 0.4) is 0 Å². The van der Waals surface area contributed by atoms with E-state index < -0.39 is 23.7 Å². The third kappa shape index (κ3) is 5.89. The number of anilines is 1. The Hall–Kier alpha value is -4.58. The van der Waals surface area contributed by atoms with Crippen LogP contribution in [0, 0.1) is 18.7 Å². The summed E-state index contributed by atoms with van der Waals surface area (Å²) in [5.74, 6) is -1.55. The predicted molar refractivity (Wildman–Crippen MR) is 153 cm³/mol. The Kier molecular flexibility index (Phi) is 8.34. The fourth-order valence-corrected chi connectivity index (χ4v) is 5.04. The lowest BCUT2D eigenvalue weighted by Crippen LogP contribution is -2.30. The summed E-state index contributed by atoms with van der Waals surface area (Å²) in [7, 11) is 1.32. The van der Waals surface area contributed by atoms with E-state index in [1.54, 1.807) is 37.4 Å². The van der Waals surface area contributed by atoms with Crippen LogP contribution in [0.25, 0.3) is 17.1 Å². The van der Waals surface area contributed by atoms with E-state index in [2.05, 4.69) is 30.9 Å². The molecule has 1 aliphatic rings. The lowest BCUT2D eigenvalue weighted by molar-refractivity contribution is -0.139. The highest BCUT2D eigenvalue weighted by atomic mass is 35.5. The van der Waals surface area contributed by atoms with Crippen LogP contribution < -0.4 is 10.6 Å². The lowest BCUT2D eigenvalue weighted by atomic mass is 9.98. The number of fused-ring (bicyclic) bond motifs is 4. The molecule has 42 heavy (non-hydrogen) atoms. The molecular weight excluding hydrogens is 565 g/mol. The van der Waals surface area contributed by atoms with Gasteiger partial charge in [0.05, 0.1) is 47.9 Å². The van der Waals surface area contributed by atoms with E-state index in [-0.39, 0.29) is 34.6 Å². The van der Waals surface area contributed by atoms with Gasteiger partial charge in [-0.05, 0) is 49.6 Å². The molecule has 2 aromatic carbocycles. The minimum Gasteiger partial charge on any atom is -0.469 e. The number of ether oxygens (including phenoxy) is 1. The Balaban J connectivity index is 1.45. The van der Waals surface area contributed by atoms with Crippen molar-refractivity contribution in [2.45, 2.75) is 45.6 Å². The predicted octanol–water partition coefficient (Wildman–Crippen LogP) is 4.70. The number of hydrogen-bond donors (Lipinski definition) is 3. The Morgan fingerprint density at radius 3 is 2.83 bits per heavy atom. The Morgan fingerprint density at radius 2 is 2.05 bits per heavy atom. The van der Waals surface area contributed by atoms with Crippen molar-refractivity contribution in [1.29, 1.82) is 0 Å². The first-order chi connectivity index (χ1) is 20.2. The first-order valence-corrected chi connectivity index (χ1v) is 13.8. The zero-order valence-electron chi connectivity index (χ0n) is 23.2. The second-order valence-electron chi connectivity index (χ2n) is 10.2. The van der Waals surface area contributed by atoms with E-state index in [9.17, 15) is 18.8 Å². The van der Waals surface area contributed by atoms with Crippen molar-refractivity contribution in [3.8, 4) is 17.1 Å². The fourth-order valence-electron chi connectivity index (χ4n) is 4.87. The maximum atomic E-state index is 14.6. The van der Waals surface area contributed by atoms with Crippen LogP contribution in [0.2, 0.25) is 5.02 Å². The summed E-state index contributed by atoms with van der Waals surface area (Å²) in [5.41, 5.74) is 2.94. The number of hydrogen-bond acceptors (Lipinski definition) is 7. The minimum absolute atomic E-state index is 0.0384. The third-order valence-corrected chi connectivity index (χ3v) is 7.59. The van der Waals surface area contributed by atoms with Crippen molar-refractivity contribution in [2.75, 3.05) is 12.4 Å². The molecule has 11 nitrogen and oxygen atoms in total. The van der Waals surface area contributed by atoms with Gasteiger partial charge in [-0.25, -0.2) is 14.1 Å². The molecule has 3 heterocycles. The maximum absolute atomic E-state index is 14.6. The quantitative estimate of drug-likeness (QED) is 0.284. The molecule has 5 rings (SSSR count). The van der Waals surface area contributed by atoms with Gasteiger partial charge < -0.3 is 20.4 Å². The molecule has 1 aliphatic heterocycles. The molecule has 3 N–H and O–H groups in total. The highest BCUT2D eigenvalue weighted by Crippen LogP contribution is 2.31. The largest absolute Gasteiger partial charge is 0.469 e. The zero-order chi connectivity index (χ0) is 30.0. The number of methoxy groups -OCH3 is 1. The summed E-state index contributed by atoms with van der Waals surface area (Å²) in [4.78, 5) is 46.1. The van der Waals surface area contributed by atoms with Gasteiger partial charge in [-0.2, -0.15) is 0 Å². The van der Waals surface area contributed by atoms with E-state index in [1.165, 1.54) is 23.9 Å². The van der Waals surface area contributed by atoms with Crippen LogP contribution >= 0.6 is 11.6 Å². The summed E-state index contributed by atoms with van der Waals surface area (Å²) in [6.45, 7) is 3.46. The molecular formula is C29H29ClFN7O4. The molecule has 0 unspecified atom stereocenters. The van der Waals surface area contributed by atoms with E-state index in [0.717, 1.165) is 0 Å². The SMILES string of the molecule is COC(=O)Cc1ccc2c(c1)NC(=O)[C@H](C)CCC[C@H](NC(=O)c1nnn(-c3cccc(Cl)c3F)c1C)c1cnc-2[nH]1. The highest BCUT2D eigenvalue weighted by molar-refractivity contribution is 6.30. The standard InChI is InChI=1S/C29H29ClFN7O4/c1-15-6-4-8-20(34-29(41)26-16(2)38(37-36-26)23-9-5-7-19(30)25(23)31)22-14-32-27(33-22)18-11-10-17(13-24(39)42-3)12-21(18)35-28(15)40/h5,7,9-12,14-15,20H,4,6,8,13H2,1-3H3,(H,32,33)(H,34,41)(H,35,40)/t15-,20+/m1/s1. The number of carbonyl (C=O) groups excluding carboxylic acids is 3. The highest BCUT2D eigenvalue weighted by Gasteiger charge is 2.26. The molecule has 2 bridgehead atoms. The molecule has 4 aromatic rings. The molecule has 2 amide bonds. The number of amides is 2. The van der Waals surface area contributed by atoms with Gasteiger partial charge in [-0.15, -0.1) is 5.10 Å². The molecule has 2 atom stereocenters. The lowest BCUT2D eigenvalue weighted by Gasteiger charge is -2.20. The first kappa shape index (κ1) is 28.9. The second kappa shape index (κ2) is 12.1. The van der Waals surface area contributed by atoms with Crippen molar-refractivity contribution < 1.29 is 23.5 Å². The zero-order valence-corrected chi connectivity index (χ0v) is 24.0. The van der Waals surface area contributed by atoms with E-state index in [0.29, 0.717) is 53.3 Å². The van der Waals surface area contributed by atoms with Gasteiger partial charge in [0.1, 0.15) is 11.5 Å². The molecule has 0 saturated carbocycles. The Labute approximate surface area is 245 Å². The van der Waals surface area contributed by atoms with Gasteiger partial charge in [0.2, 0.25) is 5.91 Å². The van der Waals surface area contributed by atoms with Gasteiger partial charge in [-0.3, -0.25) is 14.4 Å². The number of nitrogens with zero attached hydrogens (tertiary/aromatic N) is 4. The average Bonchev–Trinajstić information content (AvgIpc) is 3.60. The van der Waals surface area contributed by atoms with Gasteiger partial charge in [0.15, 0.2) is 11.5 Å². The number of esters is 1. The molecule has 0 fully saturated rings. The van der Waals surface area contributed by atoms with E-state index >= 15 is 0 Å². The van der Waals surface area contributed by atoms with Crippen molar-refractivity contribution in [2.24, 2.45) is 5.92 Å². The molecule has 0 spiro atoms. The van der Waals surface area contributed by atoms with Gasteiger partial charge in [0.25, 0.3) is 5.91 Å². The number of H-pyrrole nitrogens is 1. The number of nitrogens with one attached hydrogen (secondary N) is 3. The number of aromatic amines is 1. The Morgan fingerprint density at radius 1 is 1.24 bits per heavy atom. The van der Waals surface area contributed by atoms with Crippen molar-refractivity contribution in [3.05, 3.63) is 76.1 Å². The summed E-state index contributed by atoms with van der Waals surface area (Å²) in [6, 6.07) is 9.30. The van der Waals surface area contributed by atoms with Crippen LogP contribution in [-0.2, 0) is 20.7 Å². The Bertz CT molecular complexity index is 1670. The van der Waals surface area contributed by atoms with Crippen LogP contribution in [-0.4, -0.2) is 49.9 Å². The summed E-state index contributed by atoms with van der Waals surface area (Å²) in [5, 5.41) is 13.9. The molecule has 218 valence electrons. The number of benzene rings is 2. The molecule has 0 saturated heterocycles. The number of rotatable bonds is 5. The topological polar surface area (TPSA) is 144 Å². The van der Waals surface area contributed by atoms with Crippen LogP contribution in [0.15, 0.2) is 42.6 Å². The monoisotopic (exact) mass is 593 g/mol. The van der Waals surface area contributed by atoms with Crippen molar-refractivity contribution in [1.82, 2.24) is 30.3 Å². The van der Waals surface area contributed by atoms with Crippen LogP contribution in [0.5, 0.6) is 0 Å². The van der Waals surface area contributed by atoms with Crippen molar-refractivity contribution in [3.63, 3.8) is 0 Å². The molecule has 0 radical (unpaired) electrons. The normalized spacial score (nSPS) is 16.9. The second-order valence-corrected chi connectivity index (χ2v) is 10.6. The minimum atomic E-state index is -0.667. The van der Waals surface area contributed by atoms with Crippen molar-refractivity contribution >= 4 is 35.1 Å². The number of imidazole rings is 1. The molecule has 13 heteroatoms. The number of aromatic nitrogens is 5. The summed E-state index contributed by atoms with van der Waals surface area (Å²) in [6.07, 6.45) is 3.41.